The molecule has 0 unspecified atom stereocenters. The Morgan fingerprint density at radius 1 is 1.07 bits per heavy atom. The van der Waals surface area contributed by atoms with Gasteiger partial charge in [0.2, 0.25) is 0 Å². The number of nitrogens with zero attached hydrogens (tertiary/aromatic N) is 3. The van der Waals surface area contributed by atoms with E-state index < -0.39 is 0 Å². The van der Waals surface area contributed by atoms with Crippen molar-refractivity contribution >= 4 is 0 Å². The third kappa shape index (κ3) is 4.94. The normalized spacial score (nSPS) is 23.2. The first-order valence-corrected chi connectivity index (χ1v) is 10.0. The summed E-state index contributed by atoms with van der Waals surface area (Å²) in [4.78, 5) is 2.33. The second-order valence-corrected chi connectivity index (χ2v) is 7.52. The van der Waals surface area contributed by atoms with Crippen LogP contribution in [0.3, 0.4) is 0 Å². The molecule has 0 amide bonds. The highest BCUT2D eigenvalue weighted by molar-refractivity contribution is 5.16. The lowest BCUT2D eigenvalue weighted by Gasteiger charge is -2.28. The van der Waals surface area contributed by atoms with Crippen molar-refractivity contribution in [3.05, 3.63) is 53.6 Å². The molecule has 2 fully saturated rings. The molecule has 2 saturated heterocycles. The van der Waals surface area contributed by atoms with Gasteiger partial charge in [0.15, 0.2) is 6.23 Å². The molecule has 1 aromatic heterocycles. The highest BCUT2D eigenvalue weighted by atomic mass is 19.1. The van der Waals surface area contributed by atoms with Gasteiger partial charge in [-0.3, -0.25) is 4.90 Å². The third-order valence-electron chi connectivity index (χ3n) is 5.35. The van der Waals surface area contributed by atoms with Crippen LogP contribution in [0.2, 0.25) is 0 Å². The predicted octanol–water partition coefficient (Wildman–Crippen LogP) is 3.90. The number of hydrogen-bond donors (Lipinski definition) is 0. The van der Waals surface area contributed by atoms with E-state index in [1.54, 1.807) is 12.1 Å². The molecular weight excluding hydrogens is 345 g/mol. The molecule has 2 aromatic rings. The van der Waals surface area contributed by atoms with Gasteiger partial charge in [-0.1, -0.05) is 12.1 Å². The molecule has 4 rings (SSSR count). The Hall–Kier alpha value is -1.76. The van der Waals surface area contributed by atoms with E-state index in [1.165, 1.54) is 12.5 Å². The molecular formula is C21H28FN3O2. The summed E-state index contributed by atoms with van der Waals surface area (Å²) in [6.07, 6.45) is 7.63. The van der Waals surface area contributed by atoms with Crippen LogP contribution in [0.4, 0.5) is 4.39 Å². The van der Waals surface area contributed by atoms with Crippen molar-refractivity contribution in [2.45, 2.75) is 57.5 Å². The molecule has 6 heteroatoms. The van der Waals surface area contributed by atoms with E-state index in [0.29, 0.717) is 6.54 Å². The highest BCUT2D eigenvalue weighted by Gasteiger charge is 2.23. The molecule has 0 radical (unpaired) electrons. The van der Waals surface area contributed by atoms with E-state index in [2.05, 4.69) is 16.1 Å². The van der Waals surface area contributed by atoms with E-state index in [-0.39, 0.29) is 18.1 Å². The molecule has 0 N–H and O–H groups in total. The molecule has 0 bridgehead atoms. The Balaban J connectivity index is 1.49. The first kappa shape index (κ1) is 18.6. The van der Waals surface area contributed by atoms with Crippen LogP contribution in [0.5, 0.6) is 0 Å². The Kier molecular flexibility index (Phi) is 6.17. The number of benzene rings is 1. The van der Waals surface area contributed by atoms with Crippen LogP contribution in [0.25, 0.3) is 0 Å². The molecule has 0 aliphatic carbocycles. The van der Waals surface area contributed by atoms with Crippen molar-refractivity contribution in [1.29, 1.82) is 0 Å². The predicted molar refractivity (Wildman–Crippen MR) is 101 cm³/mol. The lowest BCUT2D eigenvalue weighted by Crippen LogP contribution is -2.33. The average molecular weight is 373 g/mol. The molecule has 146 valence electrons. The zero-order valence-corrected chi connectivity index (χ0v) is 15.7. The van der Waals surface area contributed by atoms with Crippen molar-refractivity contribution in [1.82, 2.24) is 14.7 Å². The monoisotopic (exact) mass is 373 g/mol. The Labute approximate surface area is 160 Å². The van der Waals surface area contributed by atoms with Gasteiger partial charge in [-0.2, -0.15) is 5.10 Å². The number of aromatic nitrogens is 2. The van der Waals surface area contributed by atoms with E-state index in [9.17, 15) is 4.39 Å². The minimum atomic E-state index is -0.190. The molecule has 2 aliphatic rings. The molecule has 1 aromatic carbocycles. The Morgan fingerprint density at radius 3 is 2.78 bits per heavy atom. The van der Waals surface area contributed by atoms with Crippen LogP contribution >= 0.6 is 0 Å². The van der Waals surface area contributed by atoms with E-state index in [4.69, 9.17) is 9.47 Å². The van der Waals surface area contributed by atoms with Gasteiger partial charge in [0.1, 0.15) is 5.82 Å². The maximum Gasteiger partial charge on any atom is 0.150 e. The highest BCUT2D eigenvalue weighted by Crippen LogP contribution is 2.24. The second kappa shape index (κ2) is 8.95. The third-order valence-corrected chi connectivity index (χ3v) is 5.35. The summed E-state index contributed by atoms with van der Waals surface area (Å²) >= 11 is 0. The molecule has 5 nitrogen and oxygen atoms in total. The van der Waals surface area contributed by atoms with Gasteiger partial charge < -0.3 is 9.47 Å². The summed E-state index contributed by atoms with van der Waals surface area (Å²) < 4.78 is 27.4. The summed E-state index contributed by atoms with van der Waals surface area (Å²) in [5.41, 5.74) is 2.12. The van der Waals surface area contributed by atoms with Crippen LogP contribution in [-0.2, 0) is 22.6 Å². The van der Waals surface area contributed by atoms with Gasteiger partial charge in [0.25, 0.3) is 0 Å². The average Bonchev–Trinajstić information content (AvgIpc) is 3.34. The number of ether oxygens (including phenoxy) is 2. The minimum absolute atomic E-state index is 0.0301. The standard InChI is InChI=1S/C21H28FN3O2/c22-18-6-3-5-17(13-18)14-24(16-20-7-4-12-26-20)15-19-9-10-23-25(19)21-8-1-2-11-27-21/h3,5-6,9-10,13,20-21H,1-2,4,7-8,11-12,14-16H2/t20-,21-/m1/s1. The molecule has 2 atom stereocenters. The van der Waals surface area contributed by atoms with Crippen LogP contribution in [0.1, 0.15) is 49.6 Å². The van der Waals surface area contributed by atoms with Crippen molar-refractivity contribution in [2.75, 3.05) is 19.8 Å². The van der Waals surface area contributed by atoms with Crippen LogP contribution < -0.4 is 0 Å². The maximum atomic E-state index is 13.6. The smallest absolute Gasteiger partial charge is 0.150 e. The Bertz CT molecular complexity index is 724. The SMILES string of the molecule is Fc1cccc(CN(Cc2ccnn2[C@H]2CCCCO2)C[C@H]2CCCO2)c1. The maximum absolute atomic E-state index is 13.6. The van der Waals surface area contributed by atoms with Crippen LogP contribution in [-0.4, -0.2) is 40.5 Å². The molecule has 2 aliphatic heterocycles. The summed E-state index contributed by atoms with van der Waals surface area (Å²) in [5.74, 6) is -0.190. The number of rotatable bonds is 7. The number of hydrogen-bond acceptors (Lipinski definition) is 4. The van der Waals surface area contributed by atoms with Crippen molar-refractivity contribution in [3.63, 3.8) is 0 Å². The first-order valence-electron chi connectivity index (χ1n) is 10.0. The minimum Gasteiger partial charge on any atom is -0.377 e. The van der Waals surface area contributed by atoms with Gasteiger partial charge >= 0.3 is 0 Å². The molecule has 0 saturated carbocycles. The number of halogens is 1. The topological polar surface area (TPSA) is 39.5 Å². The van der Waals surface area contributed by atoms with Gasteiger partial charge in [0, 0.05) is 39.0 Å². The van der Waals surface area contributed by atoms with Gasteiger partial charge in [0.05, 0.1) is 11.8 Å². The fourth-order valence-electron chi connectivity index (χ4n) is 4.03. The van der Waals surface area contributed by atoms with Crippen molar-refractivity contribution < 1.29 is 13.9 Å². The van der Waals surface area contributed by atoms with Crippen LogP contribution in [0.15, 0.2) is 36.5 Å². The zero-order chi connectivity index (χ0) is 18.5. The van der Waals surface area contributed by atoms with E-state index >= 15 is 0 Å². The van der Waals surface area contributed by atoms with E-state index in [1.807, 2.05) is 16.9 Å². The van der Waals surface area contributed by atoms with Gasteiger partial charge in [-0.05, 0) is 55.9 Å². The second-order valence-electron chi connectivity index (χ2n) is 7.52. The zero-order valence-electron chi connectivity index (χ0n) is 15.7. The fraction of sp³-hybridized carbons (Fsp3) is 0.571. The molecule has 0 spiro atoms. The fourth-order valence-corrected chi connectivity index (χ4v) is 4.03. The lowest BCUT2D eigenvalue weighted by atomic mass is 10.1. The Morgan fingerprint density at radius 2 is 2.00 bits per heavy atom. The van der Waals surface area contributed by atoms with E-state index in [0.717, 1.165) is 63.2 Å². The van der Waals surface area contributed by atoms with Crippen LogP contribution in [0, 0.1) is 5.82 Å². The summed E-state index contributed by atoms with van der Waals surface area (Å²) in [6.45, 7) is 3.91. The quantitative estimate of drug-likeness (QED) is 0.738. The molecule has 27 heavy (non-hydrogen) atoms. The van der Waals surface area contributed by atoms with Crippen molar-refractivity contribution in [3.8, 4) is 0 Å². The van der Waals surface area contributed by atoms with Crippen molar-refractivity contribution in [2.24, 2.45) is 0 Å². The summed E-state index contributed by atoms with van der Waals surface area (Å²) in [6, 6.07) is 8.92. The lowest BCUT2D eigenvalue weighted by molar-refractivity contribution is -0.0424. The largest absolute Gasteiger partial charge is 0.377 e. The molecule has 3 heterocycles. The van der Waals surface area contributed by atoms with Gasteiger partial charge in [-0.25, -0.2) is 9.07 Å². The summed E-state index contributed by atoms with van der Waals surface area (Å²) in [7, 11) is 0. The first-order chi connectivity index (χ1) is 13.3. The van der Waals surface area contributed by atoms with Gasteiger partial charge in [-0.15, -0.1) is 0 Å². The summed E-state index contributed by atoms with van der Waals surface area (Å²) in [5, 5.41) is 4.52.